The third-order valence-corrected chi connectivity index (χ3v) is 4.51. The Bertz CT molecular complexity index is 727. The molecular weight excluding hydrogens is 306 g/mol. The molecule has 9 nitrogen and oxygen atoms in total. The molecule has 18 heavy (non-hydrogen) atoms. The van der Waals surface area contributed by atoms with Gasteiger partial charge in [-0.2, -0.15) is 0 Å². The minimum atomic E-state index is -3.95. The molecule has 0 aromatic carbocycles. The molecule has 1 heterocycles. The molecule has 0 saturated carbocycles. The molecule has 1 aliphatic rings. The van der Waals surface area contributed by atoms with E-state index < -0.39 is 39.8 Å². The molecule has 0 spiro atoms. The molecule has 0 aromatic heterocycles. The zero-order valence-electron chi connectivity index (χ0n) is 9.65. The Morgan fingerprint density at radius 2 is 1.50 bits per heavy atom. The number of hydrogen-bond donors (Lipinski definition) is 1. The summed E-state index contributed by atoms with van der Waals surface area (Å²) >= 11 is 0. The Balaban J connectivity index is 3.49. The number of sulfonamides is 1. The van der Waals surface area contributed by atoms with E-state index in [9.17, 15) is 25.3 Å². The van der Waals surface area contributed by atoms with Crippen LogP contribution in [0.4, 0.5) is 0 Å². The summed E-state index contributed by atoms with van der Waals surface area (Å²) in [5.74, 6) is 0. The second-order valence-electron chi connectivity index (χ2n) is 3.61. The van der Waals surface area contributed by atoms with E-state index in [1.54, 1.807) is 0 Å². The van der Waals surface area contributed by atoms with Crippen LogP contribution in [0.25, 0.3) is 0 Å². The van der Waals surface area contributed by atoms with Crippen molar-refractivity contribution in [2.75, 3.05) is 18.8 Å². The first-order valence-electron chi connectivity index (χ1n) is 4.29. The van der Waals surface area contributed by atoms with Gasteiger partial charge in [-0.3, -0.25) is 5.43 Å². The van der Waals surface area contributed by atoms with Crippen LogP contribution in [0.2, 0.25) is 0 Å². The van der Waals surface area contributed by atoms with Gasteiger partial charge in [0, 0.05) is 18.6 Å². The van der Waals surface area contributed by atoms with Gasteiger partial charge in [0.05, 0.1) is 6.26 Å². The maximum absolute atomic E-state index is 11.3. The van der Waals surface area contributed by atoms with E-state index in [1.807, 2.05) is 5.43 Å². The van der Waals surface area contributed by atoms with Crippen molar-refractivity contribution in [1.29, 1.82) is 0 Å². The molecule has 104 valence electrons. The molecule has 0 bridgehead atoms. The van der Waals surface area contributed by atoms with Crippen molar-refractivity contribution in [1.82, 2.24) is 9.95 Å². The van der Waals surface area contributed by atoms with E-state index in [2.05, 4.69) is 5.10 Å². The molecule has 0 atom stereocenters. The fourth-order valence-corrected chi connectivity index (χ4v) is 2.73. The summed E-state index contributed by atoms with van der Waals surface area (Å²) in [6.07, 6.45) is 3.09. The number of nitrogens with one attached hydrogen (secondary N) is 1. The Labute approximate surface area is 105 Å². The van der Waals surface area contributed by atoms with E-state index in [-0.39, 0.29) is 4.52 Å². The molecular formula is C6H11N3O6S3. The summed E-state index contributed by atoms with van der Waals surface area (Å²) in [7, 11) is -11.6. The molecule has 1 rings (SSSR count). The van der Waals surface area contributed by atoms with Crippen LogP contribution < -0.4 is 5.43 Å². The second kappa shape index (κ2) is 4.20. The summed E-state index contributed by atoms with van der Waals surface area (Å²) in [4.78, 5) is 0. The number of hydrogen-bond acceptors (Lipinski definition) is 8. The van der Waals surface area contributed by atoms with Crippen molar-refractivity contribution < 1.29 is 25.3 Å². The van der Waals surface area contributed by atoms with Crippen LogP contribution in [0.1, 0.15) is 0 Å². The Hall–Kier alpha value is -1.14. The van der Waals surface area contributed by atoms with Crippen LogP contribution in [0, 0.1) is 0 Å². The first-order chi connectivity index (χ1) is 7.82. The number of rotatable bonds is 2. The second-order valence-corrected chi connectivity index (χ2v) is 9.37. The maximum Gasteiger partial charge on any atom is 0.265 e. The highest BCUT2D eigenvalue weighted by atomic mass is 32.2. The fourth-order valence-electron chi connectivity index (χ4n) is 0.910. The molecule has 0 radical (unpaired) electrons. The van der Waals surface area contributed by atoms with E-state index in [0.29, 0.717) is 0 Å². The van der Waals surface area contributed by atoms with Crippen LogP contribution in [0.5, 0.6) is 0 Å². The normalized spacial score (nSPS) is 17.8. The summed E-state index contributed by atoms with van der Waals surface area (Å²) < 4.78 is 68.0. The highest BCUT2D eigenvalue weighted by Crippen LogP contribution is 2.13. The van der Waals surface area contributed by atoms with Gasteiger partial charge in [0.15, 0.2) is 29.7 Å². The molecule has 0 unspecified atom stereocenters. The van der Waals surface area contributed by atoms with Crippen molar-refractivity contribution >= 4 is 34.7 Å². The van der Waals surface area contributed by atoms with Crippen molar-refractivity contribution in [3.63, 3.8) is 0 Å². The molecule has 12 heteroatoms. The smallest absolute Gasteiger partial charge is 0.257 e. The Morgan fingerprint density at radius 1 is 1.00 bits per heavy atom. The highest BCUT2D eigenvalue weighted by molar-refractivity contribution is 8.06. The first-order valence-corrected chi connectivity index (χ1v) is 9.92. The molecule has 0 fully saturated rings. The van der Waals surface area contributed by atoms with Gasteiger partial charge in [0.2, 0.25) is 0 Å². The molecule has 1 aliphatic heterocycles. The van der Waals surface area contributed by atoms with Crippen LogP contribution in [-0.4, -0.2) is 53.6 Å². The van der Waals surface area contributed by atoms with Crippen LogP contribution in [0.3, 0.4) is 0 Å². The predicted molar refractivity (Wildman–Crippen MR) is 65.0 cm³/mol. The summed E-state index contributed by atoms with van der Waals surface area (Å²) in [5.41, 5.74) is 2.00. The molecule has 1 N–H and O–H groups in total. The Morgan fingerprint density at radius 3 is 1.83 bits per heavy atom. The lowest BCUT2D eigenvalue weighted by Gasteiger charge is -2.23. The number of hydrazine groups is 1. The van der Waals surface area contributed by atoms with Crippen molar-refractivity contribution in [3.8, 4) is 0 Å². The lowest BCUT2D eigenvalue weighted by Crippen LogP contribution is -2.43. The van der Waals surface area contributed by atoms with E-state index in [0.717, 1.165) is 24.8 Å². The zero-order chi connectivity index (χ0) is 14.4. The average Bonchev–Trinajstić information content (AvgIpc) is 2.13. The van der Waals surface area contributed by atoms with E-state index in [1.165, 1.54) is 0 Å². The van der Waals surface area contributed by atoms with Gasteiger partial charge in [-0.25, -0.2) is 25.3 Å². The van der Waals surface area contributed by atoms with Gasteiger partial charge in [0.25, 0.3) is 10.0 Å². The lowest BCUT2D eigenvalue weighted by atomic mass is 10.6. The highest BCUT2D eigenvalue weighted by Gasteiger charge is 2.28. The van der Waals surface area contributed by atoms with Crippen molar-refractivity contribution in [2.24, 2.45) is 5.10 Å². The van der Waals surface area contributed by atoms with Gasteiger partial charge >= 0.3 is 0 Å². The minimum Gasteiger partial charge on any atom is -0.257 e. The number of hydrazone groups is 1. The topological polar surface area (TPSA) is 130 Å². The third-order valence-electron chi connectivity index (χ3n) is 1.74. The van der Waals surface area contributed by atoms with Crippen LogP contribution >= 0.6 is 0 Å². The van der Waals surface area contributed by atoms with E-state index in [4.69, 9.17) is 0 Å². The molecule has 0 saturated heterocycles. The van der Waals surface area contributed by atoms with Gasteiger partial charge in [-0.15, -0.1) is 5.10 Å². The fraction of sp³-hybridized carbons (Fsp3) is 0.500. The molecule has 0 amide bonds. The quantitative estimate of drug-likeness (QED) is 0.624. The molecule has 0 aliphatic carbocycles. The van der Waals surface area contributed by atoms with E-state index >= 15 is 0 Å². The summed E-state index contributed by atoms with van der Waals surface area (Å²) in [5, 5.41) is 2.08. The monoisotopic (exact) mass is 317 g/mol. The SMILES string of the molecule is CS(=O)(=O)C1=CC(S(C)(=O)=O)=NN(S(C)(=O)=O)N1. The number of sulfone groups is 2. The minimum absolute atomic E-state index is 0.194. The third kappa shape index (κ3) is 3.43. The van der Waals surface area contributed by atoms with Crippen LogP contribution in [-0.2, 0) is 29.7 Å². The summed E-state index contributed by atoms with van der Waals surface area (Å²) in [6.45, 7) is 0. The van der Waals surface area contributed by atoms with Crippen molar-refractivity contribution in [3.05, 3.63) is 11.1 Å². The first kappa shape index (κ1) is 14.9. The summed E-state index contributed by atoms with van der Waals surface area (Å²) in [6, 6.07) is 0. The van der Waals surface area contributed by atoms with Gasteiger partial charge in [-0.1, -0.05) is 4.52 Å². The average molecular weight is 317 g/mol. The maximum atomic E-state index is 11.3. The standard InChI is InChI=1S/C6H11N3O6S3/c1-16(10,11)5-4-6(17(2,12)13)8-9(7-5)18(3,14)15/h4,7H,1-3H3. The van der Waals surface area contributed by atoms with Crippen molar-refractivity contribution in [2.45, 2.75) is 0 Å². The largest absolute Gasteiger partial charge is 0.265 e. The zero-order valence-corrected chi connectivity index (χ0v) is 12.1. The molecule has 0 aromatic rings. The number of nitrogens with zero attached hydrogens (tertiary/aromatic N) is 2. The Kier molecular flexibility index (Phi) is 3.49. The van der Waals surface area contributed by atoms with Crippen LogP contribution in [0.15, 0.2) is 16.2 Å². The lowest BCUT2D eigenvalue weighted by molar-refractivity contribution is 0.372. The predicted octanol–water partition coefficient (Wildman–Crippen LogP) is -1.99. The van der Waals surface area contributed by atoms with Gasteiger partial charge in [0.1, 0.15) is 0 Å². The van der Waals surface area contributed by atoms with Gasteiger partial charge in [-0.05, 0) is 0 Å². The van der Waals surface area contributed by atoms with Gasteiger partial charge < -0.3 is 0 Å².